The fraction of sp³-hybridized carbons (Fsp3) is 0.125. The van der Waals surface area contributed by atoms with Crippen molar-refractivity contribution in [1.82, 2.24) is 0 Å². The van der Waals surface area contributed by atoms with Crippen molar-refractivity contribution < 1.29 is 32.2 Å². The van der Waals surface area contributed by atoms with Gasteiger partial charge in [-0.15, -0.1) is 13.2 Å². The maximum Gasteiger partial charge on any atom is 0.573 e. The van der Waals surface area contributed by atoms with Crippen LogP contribution >= 0.6 is 15.9 Å². The summed E-state index contributed by atoms with van der Waals surface area (Å²) in [5.74, 6) is -1.71. The maximum absolute atomic E-state index is 12.0. The van der Waals surface area contributed by atoms with Gasteiger partial charge in [0.15, 0.2) is 6.61 Å². The Morgan fingerprint density at radius 3 is 2.16 bits per heavy atom. The number of carbonyl (C=O) groups is 2. The third-order valence-electron chi connectivity index (χ3n) is 2.79. The normalized spacial score (nSPS) is 10.9. The Morgan fingerprint density at radius 1 is 1.00 bits per heavy atom. The first kappa shape index (κ1) is 18.8. The van der Waals surface area contributed by atoms with Gasteiger partial charge in [-0.3, -0.25) is 4.79 Å². The number of amides is 1. The lowest BCUT2D eigenvalue weighted by molar-refractivity contribution is -0.274. The van der Waals surface area contributed by atoms with E-state index in [1.54, 1.807) is 12.1 Å². The average molecular weight is 418 g/mol. The summed E-state index contributed by atoms with van der Waals surface area (Å²) in [6, 6.07) is 10.9. The Bertz CT molecular complexity index is 745. The van der Waals surface area contributed by atoms with Gasteiger partial charge in [-0.1, -0.05) is 15.9 Å². The molecule has 9 heteroatoms. The van der Waals surface area contributed by atoms with Crippen LogP contribution < -0.4 is 10.1 Å². The summed E-state index contributed by atoms with van der Waals surface area (Å²) >= 11 is 3.23. The third kappa shape index (κ3) is 6.46. The zero-order valence-corrected chi connectivity index (χ0v) is 14.1. The Kier molecular flexibility index (Phi) is 6.02. The number of rotatable bonds is 5. The molecular weight excluding hydrogens is 407 g/mol. The van der Waals surface area contributed by atoms with Gasteiger partial charge in [-0.05, 0) is 48.5 Å². The fourth-order valence-electron chi connectivity index (χ4n) is 1.74. The maximum atomic E-state index is 12.0. The number of carbonyl (C=O) groups excluding carboxylic acids is 2. The van der Waals surface area contributed by atoms with Gasteiger partial charge < -0.3 is 14.8 Å². The molecule has 0 aliphatic carbocycles. The summed E-state index contributed by atoms with van der Waals surface area (Å²) in [5, 5.41) is 2.39. The standard InChI is InChI=1S/C16H11BrF3NO4/c17-11-3-1-10(2-4-11)15(23)24-9-14(22)21-12-5-7-13(8-6-12)25-16(18,19)20/h1-8H,9H2,(H,21,22). The number of esters is 1. The van der Waals surface area contributed by atoms with Crippen LogP contribution in [0.5, 0.6) is 5.75 Å². The van der Waals surface area contributed by atoms with Crippen molar-refractivity contribution in [3.05, 3.63) is 58.6 Å². The molecule has 2 aromatic rings. The molecule has 0 unspecified atom stereocenters. The molecule has 0 aromatic heterocycles. The van der Waals surface area contributed by atoms with Crippen molar-refractivity contribution in [1.29, 1.82) is 0 Å². The van der Waals surface area contributed by atoms with Crippen molar-refractivity contribution in [2.24, 2.45) is 0 Å². The van der Waals surface area contributed by atoms with Crippen molar-refractivity contribution in [3.63, 3.8) is 0 Å². The lowest BCUT2D eigenvalue weighted by Gasteiger charge is -2.10. The highest BCUT2D eigenvalue weighted by atomic mass is 79.9. The molecule has 0 atom stereocenters. The van der Waals surface area contributed by atoms with Crippen LogP contribution in [0, 0.1) is 0 Å². The molecule has 0 fully saturated rings. The van der Waals surface area contributed by atoms with Gasteiger partial charge in [-0.25, -0.2) is 4.79 Å². The van der Waals surface area contributed by atoms with Crippen molar-refractivity contribution in [2.45, 2.75) is 6.36 Å². The van der Waals surface area contributed by atoms with E-state index >= 15 is 0 Å². The van der Waals surface area contributed by atoms with E-state index in [1.165, 1.54) is 24.3 Å². The number of hydrogen-bond acceptors (Lipinski definition) is 4. The third-order valence-corrected chi connectivity index (χ3v) is 3.31. The van der Waals surface area contributed by atoms with Gasteiger partial charge in [0.2, 0.25) is 0 Å². The number of anilines is 1. The van der Waals surface area contributed by atoms with E-state index in [1.807, 2.05) is 0 Å². The van der Waals surface area contributed by atoms with Crippen LogP contribution in [0.15, 0.2) is 53.0 Å². The average Bonchev–Trinajstić information content (AvgIpc) is 2.54. The van der Waals surface area contributed by atoms with E-state index < -0.39 is 30.6 Å². The predicted molar refractivity (Wildman–Crippen MR) is 86.2 cm³/mol. The highest BCUT2D eigenvalue weighted by Gasteiger charge is 2.30. The number of alkyl halides is 3. The molecule has 2 aromatic carbocycles. The predicted octanol–water partition coefficient (Wildman–Crippen LogP) is 4.14. The van der Waals surface area contributed by atoms with Gasteiger partial charge in [-0.2, -0.15) is 0 Å². The summed E-state index contributed by atoms with van der Waals surface area (Å²) in [6.07, 6.45) is -4.79. The Labute approximate surface area is 148 Å². The second kappa shape index (κ2) is 8.02. The summed E-state index contributed by atoms with van der Waals surface area (Å²) in [7, 11) is 0. The van der Waals surface area contributed by atoms with Gasteiger partial charge in [0.1, 0.15) is 5.75 Å². The van der Waals surface area contributed by atoms with Crippen LogP contribution in [0.1, 0.15) is 10.4 Å². The van der Waals surface area contributed by atoms with E-state index in [-0.39, 0.29) is 11.3 Å². The summed E-state index contributed by atoms with van der Waals surface area (Å²) in [4.78, 5) is 23.5. The first-order valence-electron chi connectivity index (χ1n) is 6.81. The van der Waals surface area contributed by atoms with Crippen LogP contribution in [0.2, 0.25) is 0 Å². The smallest absolute Gasteiger partial charge is 0.452 e. The van der Waals surface area contributed by atoms with Crippen LogP contribution in [0.4, 0.5) is 18.9 Å². The molecule has 0 saturated carbocycles. The van der Waals surface area contributed by atoms with E-state index in [9.17, 15) is 22.8 Å². The largest absolute Gasteiger partial charge is 0.573 e. The van der Waals surface area contributed by atoms with Gasteiger partial charge in [0.05, 0.1) is 5.56 Å². The summed E-state index contributed by atoms with van der Waals surface area (Å²) in [5.41, 5.74) is 0.517. The van der Waals surface area contributed by atoms with Crippen LogP contribution in [-0.2, 0) is 9.53 Å². The molecule has 5 nitrogen and oxygen atoms in total. The van der Waals surface area contributed by atoms with Crippen LogP contribution in [0.25, 0.3) is 0 Å². The molecule has 2 rings (SSSR count). The number of halogens is 4. The molecule has 1 N–H and O–H groups in total. The molecule has 0 bridgehead atoms. The molecule has 132 valence electrons. The zero-order valence-electron chi connectivity index (χ0n) is 12.5. The Hall–Kier alpha value is -2.55. The minimum Gasteiger partial charge on any atom is -0.452 e. The van der Waals surface area contributed by atoms with Gasteiger partial charge >= 0.3 is 12.3 Å². The second-order valence-electron chi connectivity index (χ2n) is 4.70. The molecule has 0 aliphatic rings. The number of hydrogen-bond donors (Lipinski definition) is 1. The molecule has 0 heterocycles. The Balaban J connectivity index is 1.83. The minimum atomic E-state index is -4.79. The number of nitrogens with one attached hydrogen (secondary N) is 1. The Morgan fingerprint density at radius 2 is 1.60 bits per heavy atom. The highest BCUT2D eigenvalue weighted by molar-refractivity contribution is 9.10. The van der Waals surface area contributed by atoms with Crippen molar-refractivity contribution >= 4 is 33.5 Å². The molecule has 0 saturated heterocycles. The number of benzene rings is 2. The zero-order chi connectivity index (χ0) is 18.4. The lowest BCUT2D eigenvalue weighted by atomic mass is 10.2. The molecular formula is C16H11BrF3NO4. The summed E-state index contributed by atoms with van der Waals surface area (Å²) < 4.78 is 45.5. The van der Waals surface area contributed by atoms with Crippen LogP contribution in [-0.4, -0.2) is 24.8 Å². The summed E-state index contributed by atoms with van der Waals surface area (Å²) in [6.45, 7) is -0.532. The SMILES string of the molecule is O=C(COC(=O)c1ccc(Br)cc1)Nc1ccc(OC(F)(F)F)cc1. The van der Waals surface area contributed by atoms with E-state index in [0.29, 0.717) is 0 Å². The first-order chi connectivity index (χ1) is 11.7. The van der Waals surface area contributed by atoms with Crippen molar-refractivity contribution in [2.75, 3.05) is 11.9 Å². The molecule has 0 radical (unpaired) electrons. The van der Waals surface area contributed by atoms with Crippen molar-refractivity contribution in [3.8, 4) is 5.75 Å². The topological polar surface area (TPSA) is 64.6 Å². The highest BCUT2D eigenvalue weighted by Crippen LogP contribution is 2.23. The molecule has 1 amide bonds. The van der Waals surface area contributed by atoms with Gasteiger partial charge in [0, 0.05) is 10.2 Å². The molecule has 0 spiro atoms. The molecule has 0 aliphatic heterocycles. The van der Waals surface area contributed by atoms with E-state index in [2.05, 4.69) is 26.0 Å². The monoisotopic (exact) mass is 417 g/mol. The van der Waals surface area contributed by atoms with E-state index in [4.69, 9.17) is 4.74 Å². The lowest BCUT2D eigenvalue weighted by Crippen LogP contribution is -2.21. The quantitative estimate of drug-likeness (QED) is 0.742. The van der Waals surface area contributed by atoms with Gasteiger partial charge in [0.25, 0.3) is 5.91 Å². The second-order valence-corrected chi connectivity index (χ2v) is 5.62. The van der Waals surface area contributed by atoms with Crippen LogP contribution in [0.3, 0.4) is 0 Å². The number of ether oxygens (including phenoxy) is 2. The fourth-order valence-corrected chi connectivity index (χ4v) is 2.00. The van der Waals surface area contributed by atoms with E-state index in [0.717, 1.165) is 16.6 Å². The first-order valence-corrected chi connectivity index (χ1v) is 7.60. The minimum absolute atomic E-state index is 0.235. The molecule has 25 heavy (non-hydrogen) atoms.